The number of carbonyl (C=O) groups excluding carboxylic acids is 1. The van der Waals surface area contributed by atoms with E-state index in [1.807, 2.05) is 30.3 Å². The first kappa shape index (κ1) is 15.3. The first-order chi connectivity index (χ1) is 11.1. The number of hydrogen-bond acceptors (Lipinski definition) is 4. The highest BCUT2D eigenvalue weighted by Crippen LogP contribution is 2.26. The molecule has 3 aromatic rings. The Labute approximate surface area is 141 Å². The smallest absolute Gasteiger partial charge is 0.308 e. The number of rotatable bonds is 3. The fraction of sp³-hybridized carbons (Fsp3) is 0. The lowest BCUT2D eigenvalue weighted by Crippen LogP contribution is -2.20. The molecular formula is C15H10Cl2N4O2. The summed E-state index contributed by atoms with van der Waals surface area (Å²) in [6, 6.07) is 13.5. The number of amides is 2. The van der Waals surface area contributed by atoms with E-state index in [9.17, 15) is 4.79 Å². The molecule has 0 aliphatic carbocycles. The summed E-state index contributed by atoms with van der Waals surface area (Å²) in [6.07, 6.45) is 0. The zero-order valence-electron chi connectivity index (χ0n) is 11.6. The maximum atomic E-state index is 12.1. The van der Waals surface area contributed by atoms with Crippen molar-refractivity contribution in [3.8, 4) is 11.3 Å². The van der Waals surface area contributed by atoms with Crippen LogP contribution in [0.1, 0.15) is 0 Å². The Morgan fingerprint density at radius 1 is 0.957 bits per heavy atom. The zero-order chi connectivity index (χ0) is 16.2. The number of halogens is 2. The highest BCUT2D eigenvalue weighted by Gasteiger charge is 2.15. The number of nitrogens with zero attached hydrogens (tertiary/aromatic N) is 2. The first-order valence-corrected chi connectivity index (χ1v) is 7.30. The molecule has 0 spiro atoms. The molecule has 23 heavy (non-hydrogen) atoms. The molecule has 6 nitrogen and oxygen atoms in total. The predicted molar refractivity (Wildman–Crippen MR) is 88.8 cm³/mol. The molecule has 2 N–H and O–H groups in total. The normalized spacial score (nSPS) is 10.3. The lowest BCUT2D eigenvalue weighted by Gasteiger charge is -2.07. The third kappa shape index (κ3) is 3.61. The summed E-state index contributed by atoms with van der Waals surface area (Å²) in [4.78, 5) is 12.1. The van der Waals surface area contributed by atoms with E-state index in [1.165, 1.54) is 0 Å². The van der Waals surface area contributed by atoms with Gasteiger partial charge in [-0.3, -0.25) is 5.32 Å². The molecule has 0 atom stereocenters. The summed E-state index contributed by atoms with van der Waals surface area (Å²) < 4.78 is 4.70. The number of benzene rings is 2. The summed E-state index contributed by atoms with van der Waals surface area (Å²) >= 11 is 11.7. The molecule has 2 amide bonds. The minimum atomic E-state index is -0.503. The lowest BCUT2D eigenvalue weighted by atomic mass is 10.1. The molecule has 1 heterocycles. The molecule has 0 unspecified atom stereocenters. The Kier molecular flexibility index (Phi) is 4.45. The largest absolute Gasteiger partial charge is 0.325 e. The third-order valence-electron chi connectivity index (χ3n) is 2.95. The number of aromatic nitrogens is 2. The number of anilines is 2. The van der Waals surface area contributed by atoms with Crippen LogP contribution in [0.5, 0.6) is 0 Å². The molecule has 0 radical (unpaired) electrons. The Balaban J connectivity index is 1.74. The van der Waals surface area contributed by atoms with Crippen molar-refractivity contribution >= 4 is 40.7 Å². The van der Waals surface area contributed by atoms with Gasteiger partial charge in [0.25, 0.3) is 0 Å². The Bertz CT molecular complexity index is 837. The average Bonchev–Trinajstić information content (AvgIpc) is 3.00. The van der Waals surface area contributed by atoms with Crippen LogP contribution in [0, 0.1) is 0 Å². The second-order valence-corrected chi connectivity index (χ2v) is 5.35. The quantitative estimate of drug-likeness (QED) is 0.719. The van der Waals surface area contributed by atoms with Gasteiger partial charge in [-0.25, -0.2) is 9.42 Å². The third-order valence-corrected chi connectivity index (χ3v) is 3.68. The summed E-state index contributed by atoms with van der Waals surface area (Å²) in [5.74, 6) is 0.216. The highest BCUT2D eigenvalue weighted by atomic mass is 35.5. The predicted octanol–water partition coefficient (Wildman–Crippen LogP) is 4.69. The number of urea groups is 1. The number of hydrogen-bond donors (Lipinski definition) is 2. The summed E-state index contributed by atoms with van der Waals surface area (Å²) in [5, 5.41) is 13.5. The van der Waals surface area contributed by atoms with Gasteiger partial charge >= 0.3 is 6.03 Å². The van der Waals surface area contributed by atoms with E-state index >= 15 is 0 Å². The van der Waals surface area contributed by atoms with Crippen LogP contribution in [0.15, 0.2) is 53.2 Å². The van der Waals surface area contributed by atoms with Crippen molar-refractivity contribution in [3.63, 3.8) is 0 Å². The monoisotopic (exact) mass is 348 g/mol. The molecule has 0 aliphatic heterocycles. The topological polar surface area (TPSA) is 80.0 Å². The van der Waals surface area contributed by atoms with Crippen LogP contribution < -0.4 is 10.6 Å². The summed E-state index contributed by atoms with van der Waals surface area (Å²) in [7, 11) is 0. The molecule has 2 aromatic carbocycles. The van der Waals surface area contributed by atoms with Gasteiger partial charge in [0.15, 0.2) is 5.69 Å². The van der Waals surface area contributed by atoms with E-state index < -0.39 is 6.03 Å². The number of carbonyl (C=O) groups is 1. The van der Waals surface area contributed by atoms with Gasteiger partial charge in [0.1, 0.15) is 0 Å². The van der Waals surface area contributed by atoms with Crippen molar-refractivity contribution in [2.45, 2.75) is 0 Å². The Hall–Kier alpha value is -2.57. The van der Waals surface area contributed by atoms with E-state index in [0.29, 0.717) is 21.4 Å². The fourth-order valence-electron chi connectivity index (χ4n) is 1.90. The molecule has 0 fully saturated rings. The Morgan fingerprint density at radius 2 is 1.74 bits per heavy atom. The van der Waals surface area contributed by atoms with Crippen molar-refractivity contribution in [1.29, 1.82) is 0 Å². The molecule has 0 saturated carbocycles. The van der Waals surface area contributed by atoms with E-state index in [-0.39, 0.29) is 5.82 Å². The van der Waals surface area contributed by atoms with Crippen LogP contribution in [0.2, 0.25) is 10.0 Å². The van der Waals surface area contributed by atoms with Gasteiger partial charge in [-0.05, 0) is 28.5 Å². The van der Waals surface area contributed by atoms with Crippen molar-refractivity contribution in [2.24, 2.45) is 0 Å². The zero-order valence-corrected chi connectivity index (χ0v) is 13.1. The van der Waals surface area contributed by atoms with Crippen molar-refractivity contribution in [3.05, 3.63) is 58.6 Å². The standard InChI is InChI=1S/C15H10Cl2N4O2/c16-11-7-6-10(8-12(11)17)18-15(22)19-14-13(20-23-21-14)9-4-2-1-3-5-9/h1-8H,(H2,18,19,21,22). The fourth-order valence-corrected chi connectivity index (χ4v) is 2.20. The maximum absolute atomic E-state index is 12.1. The Morgan fingerprint density at radius 3 is 2.48 bits per heavy atom. The van der Waals surface area contributed by atoms with E-state index in [1.54, 1.807) is 18.2 Å². The molecule has 0 aliphatic rings. The minimum absolute atomic E-state index is 0.216. The van der Waals surface area contributed by atoms with Crippen LogP contribution >= 0.6 is 23.2 Å². The lowest BCUT2D eigenvalue weighted by molar-refractivity contribution is 0.261. The van der Waals surface area contributed by atoms with Crippen molar-refractivity contribution in [2.75, 3.05) is 10.6 Å². The SMILES string of the molecule is O=C(Nc1ccc(Cl)c(Cl)c1)Nc1nonc1-c1ccccc1. The van der Waals surface area contributed by atoms with Gasteiger partial charge in [0.2, 0.25) is 5.82 Å². The van der Waals surface area contributed by atoms with Crippen LogP contribution in [0.25, 0.3) is 11.3 Å². The molecule has 0 saturated heterocycles. The molecule has 8 heteroatoms. The van der Waals surface area contributed by atoms with Crippen LogP contribution in [0.4, 0.5) is 16.3 Å². The van der Waals surface area contributed by atoms with Crippen LogP contribution in [-0.4, -0.2) is 16.3 Å². The maximum Gasteiger partial charge on any atom is 0.325 e. The van der Waals surface area contributed by atoms with Crippen molar-refractivity contribution in [1.82, 2.24) is 10.3 Å². The van der Waals surface area contributed by atoms with Crippen LogP contribution in [-0.2, 0) is 0 Å². The molecular weight excluding hydrogens is 339 g/mol. The van der Waals surface area contributed by atoms with E-state index in [4.69, 9.17) is 27.8 Å². The summed E-state index contributed by atoms with van der Waals surface area (Å²) in [6.45, 7) is 0. The second-order valence-electron chi connectivity index (χ2n) is 4.54. The van der Waals surface area contributed by atoms with E-state index in [2.05, 4.69) is 20.9 Å². The molecule has 3 rings (SSSR count). The van der Waals surface area contributed by atoms with Gasteiger partial charge in [-0.1, -0.05) is 53.5 Å². The highest BCUT2D eigenvalue weighted by molar-refractivity contribution is 6.42. The van der Waals surface area contributed by atoms with E-state index in [0.717, 1.165) is 5.56 Å². The summed E-state index contributed by atoms with van der Waals surface area (Å²) in [5.41, 5.74) is 1.71. The van der Waals surface area contributed by atoms with Crippen LogP contribution in [0.3, 0.4) is 0 Å². The van der Waals surface area contributed by atoms with Gasteiger partial charge in [0, 0.05) is 11.3 Å². The van der Waals surface area contributed by atoms with Gasteiger partial charge < -0.3 is 5.32 Å². The van der Waals surface area contributed by atoms with Gasteiger partial charge in [-0.15, -0.1) is 0 Å². The van der Waals surface area contributed by atoms with Crippen molar-refractivity contribution < 1.29 is 9.42 Å². The minimum Gasteiger partial charge on any atom is -0.308 e. The molecule has 1 aromatic heterocycles. The second kappa shape index (κ2) is 6.68. The molecule has 116 valence electrons. The molecule has 0 bridgehead atoms. The van der Waals surface area contributed by atoms with Gasteiger partial charge in [0.05, 0.1) is 10.0 Å². The first-order valence-electron chi connectivity index (χ1n) is 6.54. The van der Waals surface area contributed by atoms with Gasteiger partial charge in [-0.2, -0.15) is 0 Å². The average molecular weight is 349 g/mol. The number of nitrogens with one attached hydrogen (secondary N) is 2.